The lowest BCUT2D eigenvalue weighted by Gasteiger charge is -2.24. The van der Waals surface area contributed by atoms with Crippen molar-refractivity contribution < 1.29 is 9.47 Å². The molecule has 0 radical (unpaired) electrons. The Balaban J connectivity index is 3.01. The molecule has 1 unspecified atom stereocenters. The van der Waals surface area contributed by atoms with Crippen molar-refractivity contribution in [2.45, 2.75) is 12.3 Å². The molecule has 1 N–H and O–H groups in total. The van der Waals surface area contributed by atoms with E-state index >= 15 is 0 Å². The Labute approximate surface area is 94.3 Å². The topological polar surface area (TPSA) is 48.3 Å². The Morgan fingerprint density at radius 3 is 2.40 bits per heavy atom. The largest absolute Gasteiger partial charge is 0.354 e. The molecule has 0 aliphatic carbocycles. The molecule has 0 aliphatic heterocycles. The van der Waals surface area contributed by atoms with E-state index in [1.54, 1.807) is 25.1 Å². The summed E-state index contributed by atoms with van der Waals surface area (Å²) >= 11 is 6.04. The molecule has 0 aromatic carbocycles. The van der Waals surface area contributed by atoms with Crippen LogP contribution in [-0.2, 0) is 16.5 Å². The van der Waals surface area contributed by atoms with Crippen molar-refractivity contribution in [3.63, 3.8) is 0 Å². The molecule has 1 heterocycles. The molecule has 0 saturated heterocycles. The fourth-order valence-electron chi connectivity index (χ4n) is 1.54. The predicted octanol–water partition coefficient (Wildman–Crippen LogP) is 0.953. The van der Waals surface area contributed by atoms with Gasteiger partial charge in [-0.1, -0.05) is 11.6 Å². The Morgan fingerprint density at radius 2 is 2.07 bits per heavy atom. The van der Waals surface area contributed by atoms with E-state index in [1.165, 1.54) is 0 Å². The van der Waals surface area contributed by atoms with E-state index in [9.17, 15) is 0 Å². The fourth-order valence-corrected chi connectivity index (χ4v) is 1.82. The standard InChI is InChI=1S/C9H16ClN3O2/c1-11-7(9(14-3)15-4)8-6(10)5-12-13(8)2/h5,7,9,11H,1-4H3. The minimum atomic E-state index is -0.400. The van der Waals surface area contributed by atoms with E-state index in [4.69, 9.17) is 21.1 Å². The zero-order valence-electron chi connectivity index (χ0n) is 9.32. The molecule has 0 spiro atoms. The van der Waals surface area contributed by atoms with Gasteiger partial charge in [-0.25, -0.2) is 0 Å². The summed E-state index contributed by atoms with van der Waals surface area (Å²) in [7, 11) is 6.82. The molecule has 0 aliphatic rings. The Hall–Kier alpha value is -0.620. The van der Waals surface area contributed by atoms with Gasteiger partial charge in [0.2, 0.25) is 0 Å². The third-order valence-electron chi connectivity index (χ3n) is 2.28. The van der Waals surface area contributed by atoms with Crippen molar-refractivity contribution in [3.8, 4) is 0 Å². The first-order valence-corrected chi connectivity index (χ1v) is 4.93. The smallest absolute Gasteiger partial charge is 0.177 e. The highest BCUT2D eigenvalue weighted by atomic mass is 35.5. The molecule has 0 amide bonds. The summed E-state index contributed by atoms with van der Waals surface area (Å²) in [5.41, 5.74) is 0.841. The van der Waals surface area contributed by atoms with E-state index in [2.05, 4.69) is 10.4 Å². The quantitative estimate of drug-likeness (QED) is 0.770. The zero-order valence-corrected chi connectivity index (χ0v) is 10.1. The van der Waals surface area contributed by atoms with E-state index in [0.717, 1.165) is 5.69 Å². The summed E-state index contributed by atoms with van der Waals surface area (Å²) in [5, 5.41) is 7.76. The molecule has 86 valence electrons. The lowest BCUT2D eigenvalue weighted by atomic mass is 10.2. The molecule has 1 aromatic heterocycles. The number of rotatable bonds is 5. The Bertz CT molecular complexity index is 293. The third kappa shape index (κ3) is 2.49. The van der Waals surface area contributed by atoms with Crippen LogP contribution in [-0.4, -0.2) is 37.3 Å². The van der Waals surface area contributed by atoms with Crippen LogP contribution in [0.15, 0.2) is 6.20 Å². The van der Waals surface area contributed by atoms with Gasteiger partial charge in [0.15, 0.2) is 6.29 Å². The van der Waals surface area contributed by atoms with Crippen LogP contribution in [0.5, 0.6) is 0 Å². The number of hydrogen-bond acceptors (Lipinski definition) is 4. The molecule has 1 atom stereocenters. The van der Waals surface area contributed by atoms with Crippen molar-refractivity contribution in [3.05, 3.63) is 16.9 Å². The van der Waals surface area contributed by atoms with Gasteiger partial charge in [-0.15, -0.1) is 0 Å². The number of methoxy groups -OCH3 is 2. The van der Waals surface area contributed by atoms with Gasteiger partial charge in [0.1, 0.15) is 6.04 Å². The van der Waals surface area contributed by atoms with Gasteiger partial charge in [0.05, 0.1) is 16.9 Å². The second-order valence-corrected chi connectivity index (χ2v) is 3.51. The highest BCUT2D eigenvalue weighted by molar-refractivity contribution is 6.31. The van der Waals surface area contributed by atoms with Crippen LogP contribution in [0.4, 0.5) is 0 Å². The number of nitrogens with one attached hydrogen (secondary N) is 1. The molecule has 0 fully saturated rings. The van der Waals surface area contributed by atoms with Crippen LogP contribution in [0, 0.1) is 0 Å². The summed E-state index contributed by atoms with van der Waals surface area (Å²) in [6, 6.07) is -0.153. The van der Waals surface area contributed by atoms with Gasteiger partial charge in [-0.3, -0.25) is 4.68 Å². The maximum absolute atomic E-state index is 6.04. The molecule has 0 saturated carbocycles. The van der Waals surface area contributed by atoms with Crippen LogP contribution in [0.25, 0.3) is 0 Å². The lowest BCUT2D eigenvalue weighted by Crippen LogP contribution is -2.34. The van der Waals surface area contributed by atoms with Gasteiger partial charge >= 0.3 is 0 Å². The first kappa shape index (κ1) is 12.4. The number of halogens is 1. The van der Waals surface area contributed by atoms with Crippen LogP contribution in [0.1, 0.15) is 11.7 Å². The molecule has 6 heteroatoms. The Kier molecular flexibility index (Phi) is 4.53. The summed E-state index contributed by atoms with van der Waals surface area (Å²) in [6.07, 6.45) is 1.20. The van der Waals surface area contributed by atoms with Crippen LogP contribution in [0.3, 0.4) is 0 Å². The number of ether oxygens (including phenoxy) is 2. The van der Waals surface area contributed by atoms with Crippen molar-refractivity contribution in [1.29, 1.82) is 0 Å². The summed E-state index contributed by atoms with van der Waals surface area (Å²) < 4.78 is 12.1. The van der Waals surface area contributed by atoms with Gasteiger partial charge < -0.3 is 14.8 Å². The third-order valence-corrected chi connectivity index (χ3v) is 2.57. The van der Waals surface area contributed by atoms with Gasteiger partial charge in [0, 0.05) is 21.3 Å². The van der Waals surface area contributed by atoms with Gasteiger partial charge in [-0.05, 0) is 7.05 Å². The number of aromatic nitrogens is 2. The SMILES string of the molecule is CNC(c1c(Cl)cnn1C)C(OC)OC. The summed E-state index contributed by atoms with van der Waals surface area (Å²) in [5.74, 6) is 0. The van der Waals surface area contributed by atoms with Gasteiger partial charge in [-0.2, -0.15) is 5.10 Å². The molecule has 1 aromatic rings. The van der Waals surface area contributed by atoms with E-state index in [-0.39, 0.29) is 6.04 Å². The molecular formula is C9H16ClN3O2. The van der Waals surface area contributed by atoms with Crippen LogP contribution in [0.2, 0.25) is 5.02 Å². The van der Waals surface area contributed by atoms with E-state index < -0.39 is 6.29 Å². The fraction of sp³-hybridized carbons (Fsp3) is 0.667. The summed E-state index contributed by atoms with van der Waals surface area (Å²) in [4.78, 5) is 0. The van der Waals surface area contributed by atoms with E-state index in [0.29, 0.717) is 5.02 Å². The molecular weight excluding hydrogens is 218 g/mol. The monoisotopic (exact) mass is 233 g/mol. The maximum atomic E-state index is 6.04. The minimum Gasteiger partial charge on any atom is -0.354 e. The van der Waals surface area contributed by atoms with Crippen molar-refractivity contribution in [2.75, 3.05) is 21.3 Å². The average Bonchev–Trinajstić information content (AvgIpc) is 2.56. The molecule has 15 heavy (non-hydrogen) atoms. The first-order chi connectivity index (χ1) is 7.15. The second-order valence-electron chi connectivity index (χ2n) is 3.11. The van der Waals surface area contributed by atoms with E-state index in [1.807, 2.05) is 14.1 Å². The van der Waals surface area contributed by atoms with Crippen molar-refractivity contribution in [2.24, 2.45) is 7.05 Å². The highest BCUT2D eigenvalue weighted by Gasteiger charge is 2.26. The average molecular weight is 234 g/mol. The van der Waals surface area contributed by atoms with Crippen LogP contribution < -0.4 is 5.32 Å². The second kappa shape index (κ2) is 5.46. The minimum absolute atomic E-state index is 0.153. The first-order valence-electron chi connectivity index (χ1n) is 4.56. The Morgan fingerprint density at radius 1 is 1.47 bits per heavy atom. The molecule has 1 rings (SSSR count). The highest BCUT2D eigenvalue weighted by Crippen LogP contribution is 2.25. The number of hydrogen-bond donors (Lipinski definition) is 1. The lowest BCUT2D eigenvalue weighted by molar-refractivity contribution is -0.124. The summed E-state index contributed by atoms with van der Waals surface area (Å²) in [6.45, 7) is 0. The number of nitrogens with zero attached hydrogens (tertiary/aromatic N) is 2. The van der Waals surface area contributed by atoms with Crippen molar-refractivity contribution in [1.82, 2.24) is 15.1 Å². The number of aryl methyl sites for hydroxylation is 1. The van der Waals surface area contributed by atoms with Gasteiger partial charge in [0.25, 0.3) is 0 Å². The normalized spacial score (nSPS) is 13.5. The number of likely N-dealkylation sites (N-methyl/N-ethyl adjacent to an activating group) is 1. The maximum Gasteiger partial charge on any atom is 0.177 e. The van der Waals surface area contributed by atoms with Crippen LogP contribution >= 0.6 is 11.6 Å². The molecule has 5 nitrogen and oxygen atoms in total. The zero-order chi connectivity index (χ0) is 11.4. The predicted molar refractivity (Wildman–Crippen MR) is 57.8 cm³/mol. The molecule has 0 bridgehead atoms. The van der Waals surface area contributed by atoms with Crippen molar-refractivity contribution >= 4 is 11.6 Å².